The quantitative estimate of drug-likeness (QED) is 0.844. The van der Waals surface area contributed by atoms with E-state index >= 15 is 0 Å². The SMILES string of the molecule is Cc1ccnc(-n2cc(N)cn2)c1Br. The molecule has 2 rings (SSSR count). The van der Waals surface area contributed by atoms with Crippen LogP contribution in [0.25, 0.3) is 5.82 Å². The van der Waals surface area contributed by atoms with Gasteiger partial charge in [0.15, 0.2) is 5.82 Å². The topological polar surface area (TPSA) is 56.7 Å². The van der Waals surface area contributed by atoms with E-state index < -0.39 is 0 Å². The van der Waals surface area contributed by atoms with Gasteiger partial charge in [-0.1, -0.05) is 0 Å². The van der Waals surface area contributed by atoms with Crippen molar-refractivity contribution in [3.8, 4) is 5.82 Å². The van der Waals surface area contributed by atoms with Crippen LogP contribution < -0.4 is 5.73 Å². The van der Waals surface area contributed by atoms with Crippen molar-refractivity contribution in [1.29, 1.82) is 0 Å². The van der Waals surface area contributed by atoms with E-state index in [1.165, 1.54) is 0 Å². The van der Waals surface area contributed by atoms with E-state index in [9.17, 15) is 0 Å². The predicted octanol–water partition coefficient (Wildman–Crippen LogP) is 1.92. The first-order chi connectivity index (χ1) is 6.68. The van der Waals surface area contributed by atoms with Gasteiger partial charge < -0.3 is 5.73 Å². The summed E-state index contributed by atoms with van der Waals surface area (Å²) in [7, 11) is 0. The lowest BCUT2D eigenvalue weighted by Crippen LogP contribution is -1.99. The largest absolute Gasteiger partial charge is 0.396 e. The Labute approximate surface area is 89.9 Å². The van der Waals surface area contributed by atoms with E-state index in [0.29, 0.717) is 5.69 Å². The average Bonchev–Trinajstić information content (AvgIpc) is 2.57. The fourth-order valence-electron chi connectivity index (χ4n) is 1.14. The van der Waals surface area contributed by atoms with Crippen LogP contribution in [0, 0.1) is 6.92 Å². The minimum Gasteiger partial charge on any atom is -0.396 e. The van der Waals surface area contributed by atoms with Crippen molar-refractivity contribution in [1.82, 2.24) is 14.8 Å². The smallest absolute Gasteiger partial charge is 0.167 e. The number of pyridine rings is 1. The summed E-state index contributed by atoms with van der Waals surface area (Å²) in [4.78, 5) is 4.22. The third-order valence-electron chi connectivity index (χ3n) is 1.88. The van der Waals surface area contributed by atoms with Crippen molar-refractivity contribution in [2.45, 2.75) is 6.92 Å². The summed E-state index contributed by atoms with van der Waals surface area (Å²) in [5.74, 6) is 0.752. The molecule has 2 N–H and O–H groups in total. The van der Waals surface area contributed by atoms with Gasteiger partial charge in [-0.05, 0) is 34.5 Å². The van der Waals surface area contributed by atoms with E-state index in [1.807, 2.05) is 13.0 Å². The number of rotatable bonds is 1. The zero-order chi connectivity index (χ0) is 10.1. The molecule has 72 valence electrons. The molecule has 0 aliphatic rings. The molecule has 0 saturated heterocycles. The molecule has 0 saturated carbocycles. The lowest BCUT2D eigenvalue weighted by Gasteiger charge is -2.04. The highest BCUT2D eigenvalue weighted by Crippen LogP contribution is 2.22. The highest BCUT2D eigenvalue weighted by Gasteiger charge is 2.06. The molecule has 0 bridgehead atoms. The summed E-state index contributed by atoms with van der Waals surface area (Å²) < 4.78 is 2.58. The summed E-state index contributed by atoms with van der Waals surface area (Å²) in [6, 6.07) is 1.93. The standard InChI is InChI=1S/C9H9BrN4/c1-6-2-3-12-9(8(6)10)14-5-7(11)4-13-14/h2-5H,11H2,1H3. The molecule has 0 amide bonds. The van der Waals surface area contributed by atoms with Gasteiger partial charge in [0.1, 0.15) is 0 Å². The first kappa shape index (κ1) is 9.21. The highest BCUT2D eigenvalue weighted by molar-refractivity contribution is 9.10. The van der Waals surface area contributed by atoms with Gasteiger partial charge in [-0.15, -0.1) is 0 Å². The van der Waals surface area contributed by atoms with Crippen LogP contribution in [0.5, 0.6) is 0 Å². The molecule has 0 aromatic carbocycles. The summed E-state index contributed by atoms with van der Waals surface area (Å²) in [5, 5.41) is 4.09. The maximum Gasteiger partial charge on any atom is 0.167 e. The number of nitrogens with zero attached hydrogens (tertiary/aromatic N) is 3. The van der Waals surface area contributed by atoms with E-state index in [1.54, 1.807) is 23.3 Å². The highest BCUT2D eigenvalue weighted by atomic mass is 79.9. The van der Waals surface area contributed by atoms with Gasteiger partial charge in [0.25, 0.3) is 0 Å². The fourth-order valence-corrected chi connectivity index (χ4v) is 1.55. The normalized spacial score (nSPS) is 10.4. The molecule has 4 nitrogen and oxygen atoms in total. The Morgan fingerprint density at radius 3 is 2.93 bits per heavy atom. The number of nitrogens with two attached hydrogens (primary N) is 1. The molecule has 2 aromatic rings. The molecular formula is C9H9BrN4. The zero-order valence-corrected chi connectivity index (χ0v) is 9.19. The number of nitrogen functional groups attached to an aromatic ring is 1. The van der Waals surface area contributed by atoms with Gasteiger partial charge in [-0.3, -0.25) is 0 Å². The molecule has 2 aromatic heterocycles. The van der Waals surface area contributed by atoms with E-state index in [0.717, 1.165) is 15.9 Å². The summed E-state index contributed by atoms with van der Waals surface area (Å²) in [6.45, 7) is 2.00. The molecule has 0 spiro atoms. The van der Waals surface area contributed by atoms with Crippen LogP contribution in [0.4, 0.5) is 5.69 Å². The molecule has 0 atom stereocenters. The first-order valence-corrected chi connectivity index (χ1v) is 4.89. The van der Waals surface area contributed by atoms with Gasteiger partial charge in [0.05, 0.1) is 22.6 Å². The van der Waals surface area contributed by atoms with Crippen molar-refractivity contribution in [3.63, 3.8) is 0 Å². The summed E-state index contributed by atoms with van der Waals surface area (Å²) >= 11 is 3.46. The molecule has 0 aliphatic heterocycles. The Morgan fingerprint density at radius 2 is 2.29 bits per heavy atom. The minimum absolute atomic E-state index is 0.625. The van der Waals surface area contributed by atoms with E-state index in [-0.39, 0.29) is 0 Å². The minimum atomic E-state index is 0.625. The van der Waals surface area contributed by atoms with E-state index in [4.69, 9.17) is 5.73 Å². The molecule has 2 heterocycles. The molecular weight excluding hydrogens is 244 g/mol. The average molecular weight is 253 g/mol. The van der Waals surface area contributed by atoms with Crippen LogP contribution in [0.1, 0.15) is 5.56 Å². The molecule has 0 fully saturated rings. The van der Waals surface area contributed by atoms with Crippen molar-refractivity contribution < 1.29 is 0 Å². The number of anilines is 1. The van der Waals surface area contributed by atoms with Gasteiger partial charge in [-0.2, -0.15) is 5.10 Å². The third-order valence-corrected chi connectivity index (χ3v) is 2.86. The zero-order valence-electron chi connectivity index (χ0n) is 7.61. The van der Waals surface area contributed by atoms with Crippen LogP contribution in [0.3, 0.4) is 0 Å². The summed E-state index contributed by atoms with van der Waals surface area (Å²) in [5.41, 5.74) is 7.32. The second-order valence-electron chi connectivity index (χ2n) is 2.98. The van der Waals surface area contributed by atoms with Gasteiger partial charge >= 0.3 is 0 Å². The monoisotopic (exact) mass is 252 g/mol. The Balaban J connectivity index is 2.57. The molecule has 0 unspecified atom stereocenters. The Morgan fingerprint density at radius 1 is 1.50 bits per heavy atom. The number of aromatic nitrogens is 3. The lowest BCUT2D eigenvalue weighted by atomic mass is 10.3. The maximum absolute atomic E-state index is 5.58. The number of aryl methyl sites for hydroxylation is 1. The van der Waals surface area contributed by atoms with Crippen LogP contribution in [-0.4, -0.2) is 14.8 Å². The van der Waals surface area contributed by atoms with E-state index in [2.05, 4.69) is 26.0 Å². The number of halogens is 1. The van der Waals surface area contributed by atoms with Crippen molar-refractivity contribution in [2.75, 3.05) is 5.73 Å². The predicted molar refractivity (Wildman–Crippen MR) is 58.2 cm³/mol. The summed E-state index contributed by atoms with van der Waals surface area (Å²) in [6.07, 6.45) is 5.07. The van der Waals surface area contributed by atoms with Crippen molar-refractivity contribution >= 4 is 21.6 Å². The maximum atomic E-state index is 5.58. The van der Waals surface area contributed by atoms with Crippen LogP contribution >= 0.6 is 15.9 Å². The van der Waals surface area contributed by atoms with Crippen molar-refractivity contribution in [2.24, 2.45) is 0 Å². The molecule has 0 radical (unpaired) electrons. The van der Waals surface area contributed by atoms with Crippen molar-refractivity contribution in [3.05, 3.63) is 34.7 Å². The third kappa shape index (κ3) is 1.50. The second-order valence-corrected chi connectivity index (χ2v) is 3.78. The Kier molecular flexibility index (Phi) is 2.25. The number of hydrogen-bond donors (Lipinski definition) is 1. The van der Waals surface area contributed by atoms with Crippen LogP contribution in [0.2, 0.25) is 0 Å². The lowest BCUT2D eigenvalue weighted by molar-refractivity contribution is 0.839. The van der Waals surface area contributed by atoms with Gasteiger partial charge in [0, 0.05) is 6.20 Å². The molecule has 5 heteroatoms. The number of hydrogen-bond acceptors (Lipinski definition) is 3. The molecule has 14 heavy (non-hydrogen) atoms. The van der Waals surface area contributed by atoms with Crippen LogP contribution in [0.15, 0.2) is 29.1 Å². The Bertz CT molecular complexity index is 464. The second kappa shape index (κ2) is 3.42. The Hall–Kier alpha value is -1.36. The molecule has 0 aliphatic carbocycles. The first-order valence-electron chi connectivity index (χ1n) is 4.10. The van der Waals surface area contributed by atoms with Gasteiger partial charge in [0.2, 0.25) is 0 Å². The van der Waals surface area contributed by atoms with Gasteiger partial charge in [-0.25, -0.2) is 9.67 Å². The van der Waals surface area contributed by atoms with Crippen LogP contribution in [-0.2, 0) is 0 Å². The fraction of sp³-hybridized carbons (Fsp3) is 0.111.